The molecule has 0 aliphatic carbocycles. The van der Waals surface area contributed by atoms with E-state index >= 15 is 0 Å². The van der Waals surface area contributed by atoms with Gasteiger partial charge in [0.05, 0.1) is 6.26 Å². The maximum absolute atomic E-state index is 13.8. The van der Waals surface area contributed by atoms with Gasteiger partial charge in [-0.15, -0.1) is 0 Å². The molecule has 26 heavy (non-hydrogen) atoms. The number of carbonyl (C=O) groups excluding carboxylic acids is 1. The molecule has 1 amide bonds. The van der Waals surface area contributed by atoms with Gasteiger partial charge in [0, 0.05) is 32.0 Å². The number of halogens is 1. The lowest BCUT2D eigenvalue weighted by atomic mass is 9.97. The van der Waals surface area contributed by atoms with Crippen molar-refractivity contribution in [2.45, 2.75) is 24.2 Å². The highest BCUT2D eigenvalue weighted by Gasteiger charge is 2.33. The molecule has 0 saturated carbocycles. The second kappa shape index (κ2) is 8.01. The van der Waals surface area contributed by atoms with Gasteiger partial charge in [0.25, 0.3) is 0 Å². The summed E-state index contributed by atoms with van der Waals surface area (Å²) in [7, 11) is -3.87. The predicted molar refractivity (Wildman–Crippen MR) is 93.3 cm³/mol. The summed E-state index contributed by atoms with van der Waals surface area (Å²) in [6.07, 6.45) is 3.03. The van der Waals surface area contributed by atoms with Crippen LogP contribution in [0.3, 0.4) is 0 Å². The summed E-state index contributed by atoms with van der Waals surface area (Å²) in [6.45, 7) is 0.875. The molecule has 1 saturated heterocycles. The van der Waals surface area contributed by atoms with Crippen LogP contribution >= 0.6 is 0 Å². The minimum Gasteiger partial charge on any atom is -0.469 e. The van der Waals surface area contributed by atoms with Crippen LogP contribution in [0.2, 0.25) is 0 Å². The Morgan fingerprint density at radius 1 is 1.19 bits per heavy atom. The lowest BCUT2D eigenvalue weighted by Gasteiger charge is -2.30. The fraction of sp³-hybridized carbons (Fsp3) is 0.389. The van der Waals surface area contributed by atoms with Gasteiger partial charge in [-0.05, 0) is 37.1 Å². The van der Waals surface area contributed by atoms with Crippen molar-refractivity contribution in [2.24, 2.45) is 5.92 Å². The van der Waals surface area contributed by atoms with E-state index in [-0.39, 0.29) is 29.8 Å². The first-order valence-corrected chi connectivity index (χ1v) is 9.97. The van der Waals surface area contributed by atoms with Crippen LogP contribution in [0.1, 0.15) is 18.6 Å². The van der Waals surface area contributed by atoms with Crippen LogP contribution in [0.15, 0.2) is 52.0 Å². The average molecular weight is 380 g/mol. The van der Waals surface area contributed by atoms with Gasteiger partial charge in [0.2, 0.25) is 15.9 Å². The van der Waals surface area contributed by atoms with Crippen LogP contribution in [0.25, 0.3) is 0 Å². The summed E-state index contributed by atoms with van der Waals surface area (Å²) in [5.74, 6) is -0.278. The number of benzene rings is 1. The number of nitrogens with one attached hydrogen (secondary N) is 1. The Kier molecular flexibility index (Phi) is 5.73. The van der Waals surface area contributed by atoms with Crippen LogP contribution in [0.4, 0.5) is 4.39 Å². The number of hydrogen-bond donors (Lipinski definition) is 1. The number of carbonyl (C=O) groups is 1. The third-order valence-corrected chi connectivity index (χ3v) is 6.46. The minimum absolute atomic E-state index is 0.0838. The van der Waals surface area contributed by atoms with Gasteiger partial charge in [-0.2, -0.15) is 4.31 Å². The first kappa shape index (κ1) is 18.6. The largest absolute Gasteiger partial charge is 0.469 e. The summed E-state index contributed by atoms with van der Waals surface area (Å²) in [5, 5.41) is 2.86. The Labute approximate surface area is 152 Å². The Hall–Kier alpha value is -2.19. The zero-order chi connectivity index (χ0) is 18.6. The number of sulfonamides is 1. The number of rotatable bonds is 6. The maximum atomic E-state index is 13.8. The van der Waals surface area contributed by atoms with E-state index in [2.05, 4.69) is 5.32 Å². The summed E-state index contributed by atoms with van der Waals surface area (Å²) in [4.78, 5) is 11.9. The van der Waals surface area contributed by atoms with Gasteiger partial charge in [0.1, 0.15) is 16.5 Å². The Bertz CT molecular complexity index is 844. The van der Waals surface area contributed by atoms with E-state index in [0.717, 1.165) is 11.8 Å². The minimum atomic E-state index is -3.87. The molecule has 0 bridgehead atoms. The predicted octanol–water partition coefficient (Wildman–Crippen LogP) is 2.18. The fourth-order valence-corrected chi connectivity index (χ4v) is 4.59. The molecule has 1 N–H and O–H groups in total. The summed E-state index contributed by atoms with van der Waals surface area (Å²) >= 11 is 0. The number of amides is 1. The van der Waals surface area contributed by atoms with Gasteiger partial charge in [-0.3, -0.25) is 4.79 Å². The van der Waals surface area contributed by atoms with Crippen molar-refractivity contribution in [3.8, 4) is 0 Å². The van der Waals surface area contributed by atoms with Gasteiger partial charge < -0.3 is 9.73 Å². The van der Waals surface area contributed by atoms with Crippen molar-refractivity contribution in [2.75, 3.05) is 19.6 Å². The first-order chi connectivity index (χ1) is 12.5. The van der Waals surface area contributed by atoms with E-state index in [1.54, 1.807) is 12.3 Å². The molecule has 1 fully saturated rings. The Morgan fingerprint density at radius 3 is 2.58 bits per heavy atom. The van der Waals surface area contributed by atoms with Crippen LogP contribution in [0.5, 0.6) is 0 Å². The van der Waals surface area contributed by atoms with Crippen molar-refractivity contribution >= 4 is 15.9 Å². The highest BCUT2D eigenvalue weighted by atomic mass is 32.2. The Morgan fingerprint density at radius 2 is 1.92 bits per heavy atom. The molecule has 2 heterocycles. The molecule has 140 valence electrons. The number of piperidine rings is 1. The lowest BCUT2D eigenvalue weighted by molar-refractivity contribution is -0.126. The molecule has 6 nitrogen and oxygen atoms in total. The van der Waals surface area contributed by atoms with E-state index < -0.39 is 15.8 Å². The van der Waals surface area contributed by atoms with E-state index in [0.29, 0.717) is 25.8 Å². The normalized spacial score (nSPS) is 16.5. The lowest BCUT2D eigenvalue weighted by Crippen LogP contribution is -2.43. The van der Waals surface area contributed by atoms with Crippen LogP contribution in [-0.4, -0.2) is 38.3 Å². The van der Waals surface area contributed by atoms with Gasteiger partial charge in [-0.25, -0.2) is 12.8 Å². The zero-order valence-corrected chi connectivity index (χ0v) is 15.0. The fourth-order valence-electron chi connectivity index (χ4n) is 3.06. The van der Waals surface area contributed by atoms with Gasteiger partial charge >= 0.3 is 0 Å². The van der Waals surface area contributed by atoms with E-state index in [1.807, 2.05) is 6.07 Å². The van der Waals surface area contributed by atoms with Crippen molar-refractivity contribution in [3.63, 3.8) is 0 Å². The van der Waals surface area contributed by atoms with Crippen molar-refractivity contribution in [1.29, 1.82) is 0 Å². The summed E-state index contributed by atoms with van der Waals surface area (Å²) < 4.78 is 45.4. The average Bonchev–Trinajstić information content (AvgIpc) is 3.15. The number of nitrogens with zero attached hydrogens (tertiary/aromatic N) is 1. The third-order valence-electron chi connectivity index (χ3n) is 4.53. The van der Waals surface area contributed by atoms with Crippen molar-refractivity contribution in [1.82, 2.24) is 9.62 Å². The zero-order valence-electron chi connectivity index (χ0n) is 14.2. The summed E-state index contributed by atoms with van der Waals surface area (Å²) in [6, 6.07) is 8.98. The van der Waals surface area contributed by atoms with Crippen molar-refractivity contribution < 1.29 is 22.0 Å². The molecule has 2 aromatic rings. The molecule has 8 heteroatoms. The van der Waals surface area contributed by atoms with E-state index in [4.69, 9.17) is 4.42 Å². The molecule has 0 unspecified atom stereocenters. The van der Waals surface area contributed by atoms with Crippen LogP contribution in [-0.2, 0) is 21.2 Å². The molecule has 1 aromatic heterocycles. The molecule has 1 aromatic carbocycles. The topological polar surface area (TPSA) is 79.6 Å². The number of furan rings is 1. The SMILES string of the molecule is O=C(NCCc1ccco1)C1CCN(S(=O)(=O)c2ccccc2F)CC1. The second-order valence-corrected chi connectivity index (χ2v) is 8.14. The smallest absolute Gasteiger partial charge is 0.245 e. The summed E-state index contributed by atoms with van der Waals surface area (Å²) in [5.41, 5.74) is 0. The monoisotopic (exact) mass is 380 g/mol. The second-order valence-electron chi connectivity index (χ2n) is 6.23. The quantitative estimate of drug-likeness (QED) is 0.833. The van der Waals surface area contributed by atoms with Gasteiger partial charge in [0.15, 0.2) is 0 Å². The molecular formula is C18H21FN2O4S. The molecule has 3 rings (SSSR count). The Balaban J connectivity index is 1.52. The molecular weight excluding hydrogens is 359 g/mol. The maximum Gasteiger partial charge on any atom is 0.245 e. The third kappa shape index (κ3) is 4.13. The van der Waals surface area contributed by atoms with E-state index in [1.165, 1.54) is 22.5 Å². The van der Waals surface area contributed by atoms with Crippen molar-refractivity contribution in [3.05, 3.63) is 54.2 Å². The van der Waals surface area contributed by atoms with Crippen LogP contribution in [0, 0.1) is 11.7 Å². The molecule has 0 radical (unpaired) electrons. The molecule has 1 aliphatic heterocycles. The van der Waals surface area contributed by atoms with Crippen LogP contribution < -0.4 is 5.32 Å². The molecule has 0 atom stereocenters. The molecule has 0 spiro atoms. The van der Waals surface area contributed by atoms with Gasteiger partial charge in [-0.1, -0.05) is 12.1 Å². The first-order valence-electron chi connectivity index (χ1n) is 8.53. The highest BCUT2D eigenvalue weighted by molar-refractivity contribution is 7.89. The number of hydrogen-bond acceptors (Lipinski definition) is 4. The highest BCUT2D eigenvalue weighted by Crippen LogP contribution is 2.25. The standard InChI is InChI=1S/C18H21FN2O4S/c19-16-5-1-2-6-17(16)26(23,24)21-11-8-14(9-12-21)18(22)20-10-7-15-4-3-13-25-15/h1-6,13-14H,7-12H2,(H,20,22). The van der Waals surface area contributed by atoms with E-state index in [9.17, 15) is 17.6 Å². The molecule has 1 aliphatic rings.